The Morgan fingerprint density at radius 1 is 1.50 bits per heavy atom. The lowest BCUT2D eigenvalue weighted by Gasteiger charge is -2.09. The largest absolute Gasteiger partial charge is 0.358 e. The molecule has 0 bridgehead atoms. The standard InChI is InChI=1S/C12H16N2S2/c1-8-4-5-11-10(6-8)14-12(16-11)13-9(2)7-15-3/h4-6,9H,7H2,1-3H3,(H,13,14). The van der Waals surface area contributed by atoms with Crippen LogP contribution in [0.3, 0.4) is 0 Å². The van der Waals surface area contributed by atoms with Crippen molar-refractivity contribution >= 4 is 38.4 Å². The molecule has 2 rings (SSSR count). The minimum Gasteiger partial charge on any atom is -0.358 e. The maximum Gasteiger partial charge on any atom is 0.184 e. The minimum absolute atomic E-state index is 0.469. The topological polar surface area (TPSA) is 24.9 Å². The zero-order valence-electron chi connectivity index (χ0n) is 9.78. The fourth-order valence-corrected chi connectivity index (χ4v) is 3.14. The van der Waals surface area contributed by atoms with Crippen LogP contribution in [0.4, 0.5) is 5.13 Å². The van der Waals surface area contributed by atoms with E-state index in [1.54, 1.807) is 11.3 Å². The van der Waals surface area contributed by atoms with E-state index >= 15 is 0 Å². The summed E-state index contributed by atoms with van der Waals surface area (Å²) in [6.07, 6.45) is 2.12. The fraction of sp³-hybridized carbons (Fsp3) is 0.417. The number of rotatable bonds is 4. The third-order valence-electron chi connectivity index (χ3n) is 2.33. The van der Waals surface area contributed by atoms with E-state index < -0.39 is 0 Å². The maximum atomic E-state index is 4.59. The van der Waals surface area contributed by atoms with Gasteiger partial charge < -0.3 is 5.32 Å². The zero-order chi connectivity index (χ0) is 11.5. The summed E-state index contributed by atoms with van der Waals surface area (Å²) in [5, 5.41) is 4.47. The van der Waals surface area contributed by atoms with Gasteiger partial charge >= 0.3 is 0 Å². The Kier molecular flexibility index (Phi) is 3.71. The van der Waals surface area contributed by atoms with Crippen LogP contribution in [0.25, 0.3) is 10.2 Å². The highest BCUT2D eigenvalue weighted by Crippen LogP contribution is 2.27. The molecule has 0 aliphatic heterocycles. The number of thiazole rings is 1. The van der Waals surface area contributed by atoms with E-state index in [-0.39, 0.29) is 0 Å². The van der Waals surface area contributed by atoms with Crippen LogP contribution in [-0.4, -0.2) is 23.0 Å². The van der Waals surface area contributed by atoms with E-state index in [0.717, 1.165) is 16.4 Å². The predicted octanol–water partition coefficient (Wildman–Crippen LogP) is 3.77. The van der Waals surface area contributed by atoms with E-state index in [4.69, 9.17) is 0 Å². The van der Waals surface area contributed by atoms with Gasteiger partial charge in [0.15, 0.2) is 5.13 Å². The summed E-state index contributed by atoms with van der Waals surface area (Å²) in [5.74, 6) is 1.11. The summed E-state index contributed by atoms with van der Waals surface area (Å²) in [5.41, 5.74) is 2.37. The predicted molar refractivity (Wildman–Crippen MR) is 75.8 cm³/mol. The van der Waals surface area contributed by atoms with Crippen molar-refractivity contribution in [1.29, 1.82) is 0 Å². The number of nitrogens with one attached hydrogen (secondary N) is 1. The molecule has 0 aliphatic carbocycles. The smallest absolute Gasteiger partial charge is 0.184 e. The summed E-state index contributed by atoms with van der Waals surface area (Å²) in [7, 11) is 0. The molecule has 2 nitrogen and oxygen atoms in total. The monoisotopic (exact) mass is 252 g/mol. The number of nitrogens with zero attached hydrogens (tertiary/aromatic N) is 1. The Labute approximate surface area is 104 Å². The second-order valence-corrected chi connectivity index (χ2v) is 5.93. The Morgan fingerprint density at radius 3 is 3.06 bits per heavy atom. The van der Waals surface area contributed by atoms with Crippen LogP contribution in [-0.2, 0) is 0 Å². The van der Waals surface area contributed by atoms with Crippen LogP contribution < -0.4 is 5.32 Å². The summed E-state index contributed by atoms with van der Waals surface area (Å²) in [4.78, 5) is 4.59. The highest BCUT2D eigenvalue weighted by atomic mass is 32.2. The van der Waals surface area contributed by atoms with Crippen molar-refractivity contribution in [2.45, 2.75) is 19.9 Å². The molecule has 1 unspecified atom stereocenters. The van der Waals surface area contributed by atoms with Crippen molar-refractivity contribution < 1.29 is 0 Å². The van der Waals surface area contributed by atoms with Gasteiger partial charge in [-0.15, -0.1) is 0 Å². The zero-order valence-corrected chi connectivity index (χ0v) is 11.4. The Bertz CT molecular complexity index is 479. The van der Waals surface area contributed by atoms with Gasteiger partial charge in [-0.2, -0.15) is 11.8 Å². The number of hydrogen-bond acceptors (Lipinski definition) is 4. The molecule has 0 radical (unpaired) electrons. The molecule has 86 valence electrons. The minimum atomic E-state index is 0.469. The van der Waals surface area contributed by atoms with E-state index in [9.17, 15) is 0 Å². The lowest BCUT2D eigenvalue weighted by molar-refractivity contribution is 0.912. The average Bonchev–Trinajstić information content (AvgIpc) is 2.59. The van der Waals surface area contributed by atoms with Gasteiger partial charge in [0, 0.05) is 11.8 Å². The molecule has 0 amide bonds. The second-order valence-electron chi connectivity index (χ2n) is 3.99. The molecular weight excluding hydrogens is 236 g/mol. The van der Waals surface area contributed by atoms with Crippen molar-refractivity contribution in [2.75, 3.05) is 17.3 Å². The molecule has 16 heavy (non-hydrogen) atoms. The van der Waals surface area contributed by atoms with Gasteiger partial charge in [-0.1, -0.05) is 17.4 Å². The highest BCUT2D eigenvalue weighted by molar-refractivity contribution is 7.98. The van der Waals surface area contributed by atoms with Gasteiger partial charge in [-0.3, -0.25) is 0 Å². The number of anilines is 1. The van der Waals surface area contributed by atoms with Crippen LogP contribution in [0.5, 0.6) is 0 Å². The molecule has 1 N–H and O–H groups in total. The first-order valence-electron chi connectivity index (χ1n) is 5.31. The molecule has 1 aromatic heterocycles. The van der Waals surface area contributed by atoms with E-state index in [1.807, 2.05) is 11.8 Å². The fourth-order valence-electron chi connectivity index (χ4n) is 1.60. The third kappa shape index (κ3) is 2.68. The molecule has 0 spiro atoms. The SMILES string of the molecule is CSCC(C)Nc1nc2cc(C)ccc2s1. The number of benzene rings is 1. The van der Waals surface area contributed by atoms with Crippen LogP contribution in [0.2, 0.25) is 0 Å². The number of hydrogen-bond donors (Lipinski definition) is 1. The molecule has 2 aromatic rings. The molecular formula is C12H16N2S2. The molecule has 0 fully saturated rings. The van der Waals surface area contributed by atoms with Crippen LogP contribution >= 0.6 is 23.1 Å². The molecule has 0 aliphatic rings. The van der Waals surface area contributed by atoms with Gasteiger partial charge in [-0.05, 0) is 37.8 Å². The van der Waals surface area contributed by atoms with Crippen LogP contribution in [0.15, 0.2) is 18.2 Å². The van der Waals surface area contributed by atoms with E-state index in [0.29, 0.717) is 6.04 Å². The van der Waals surface area contributed by atoms with Crippen molar-refractivity contribution in [3.8, 4) is 0 Å². The Morgan fingerprint density at radius 2 is 2.31 bits per heavy atom. The van der Waals surface area contributed by atoms with Gasteiger partial charge in [0.25, 0.3) is 0 Å². The van der Waals surface area contributed by atoms with Gasteiger partial charge in [0.2, 0.25) is 0 Å². The number of fused-ring (bicyclic) bond motifs is 1. The number of aryl methyl sites for hydroxylation is 1. The number of thioether (sulfide) groups is 1. The first-order valence-corrected chi connectivity index (χ1v) is 7.53. The first kappa shape index (κ1) is 11.7. The second kappa shape index (κ2) is 5.06. The molecule has 0 saturated heterocycles. The van der Waals surface area contributed by atoms with Gasteiger partial charge in [0.05, 0.1) is 10.2 Å². The highest BCUT2D eigenvalue weighted by Gasteiger charge is 2.06. The molecule has 1 aromatic carbocycles. The van der Waals surface area contributed by atoms with Gasteiger partial charge in [0.1, 0.15) is 0 Å². The van der Waals surface area contributed by atoms with E-state index in [2.05, 4.69) is 48.6 Å². The van der Waals surface area contributed by atoms with Crippen molar-refractivity contribution in [3.63, 3.8) is 0 Å². The third-order valence-corrected chi connectivity index (χ3v) is 4.13. The summed E-state index contributed by atoms with van der Waals surface area (Å²) in [6.45, 7) is 4.29. The summed E-state index contributed by atoms with van der Waals surface area (Å²) in [6, 6.07) is 6.88. The molecule has 4 heteroatoms. The van der Waals surface area contributed by atoms with Crippen LogP contribution in [0, 0.1) is 6.92 Å². The Hall–Kier alpha value is -0.740. The number of aromatic nitrogens is 1. The first-order chi connectivity index (χ1) is 7.69. The van der Waals surface area contributed by atoms with Crippen molar-refractivity contribution in [1.82, 2.24) is 4.98 Å². The van der Waals surface area contributed by atoms with Crippen LogP contribution in [0.1, 0.15) is 12.5 Å². The van der Waals surface area contributed by atoms with Crippen molar-refractivity contribution in [2.24, 2.45) is 0 Å². The summed E-state index contributed by atoms with van der Waals surface area (Å²) < 4.78 is 1.25. The molecule has 0 saturated carbocycles. The normalized spacial score (nSPS) is 12.9. The summed E-state index contributed by atoms with van der Waals surface area (Å²) >= 11 is 3.58. The Balaban J connectivity index is 2.19. The maximum absolute atomic E-state index is 4.59. The lowest BCUT2D eigenvalue weighted by Crippen LogP contribution is -2.17. The van der Waals surface area contributed by atoms with Gasteiger partial charge in [-0.25, -0.2) is 4.98 Å². The quantitative estimate of drug-likeness (QED) is 0.896. The average molecular weight is 252 g/mol. The lowest BCUT2D eigenvalue weighted by atomic mass is 10.2. The molecule has 1 heterocycles. The van der Waals surface area contributed by atoms with E-state index in [1.165, 1.54) is 10.3 Å². The van der Waals surface area contributed by atoms with Crippen molar-refractivity contribution in [3.05, 3.63) is 23.8 Å². The molecule has 1 atom stereocenters.